The van der Waals surface area contributed by atoms with Crippen molar-refractivity contribution in [2.24, 2.45) is 5.41 Å². The van der Waals surface area contributed by atoms with E-state index >= 15 is 0 Å². The summed E-state index contributed by atoms with van der Waals surface area (Å²) in [6.45, 7) is 6.51. The van der Waals surface area contributed by atoms with E-state index in [1.54, 1.807) is 7.11 Å². The number of aryl methyl sites for hydroxylation is 1. The molecule has 7 heteroatoms. The molecule has 0 radical (unpaired) electrons. The predicted octanol–water partition coefficient (Wildman–Crippen LogP) is 3.51. The number of para-hydroxylation sites is 1. The van der Waals surface area contributed by atoms with E-state index in [-0.39, 0.29) is 5.41 Å². The Bertz CT molecular complexity index is 1090. The number of carbonyl (C=O) groups is 1. The second-order valence-corrected chi connectivity index (χ2v) is 8.97. The molecule has 1 spiro atoms. The third-order valence-electron chi connectivity index (χ3n) is 6.78. The van der Waals surface area contributed by atoms with Gasteiger partial charge in [0.1, 0.15) is 11.5 Å². The summed E-state index contributed by atoms with van der Waals surface area (Å²) in [5, 5.41) is 4.86. The van der Waals surface area contributed by atoms with Crippen LogP contribution in [0.3, 0.4) is 0 Å². The van der Waals surface area contributed by atoms with Gasteiger partial charge in [0.2, 0.25) is 5.91 Å². The standard InChI is InChI=1S/C25H30N4O3/c1-19-8-9-22(32-19)23-20(17-29(26-23)21-6-4-3-5-7-21)16-27-12-10-25(18-27)11-13-28(24(25)30)14-15-31-2/h3-9,17H,10-16,18H2,1-2H3. The molecule has 1 atom stereocenters. The lowest BCUT2D eigenvalue weighted by Crippen LogP contribution is -2.38. The first-order chi connectivity index (χ1) is 15.6. The molecule has 1 aromatic carbocycles. The lowest BCUT2D eigenvalue weighted by molar-refractivity contribution is -0.136. The minimum Gasteiger partial charge on any atom is -0.460 e. The van der Waals surface area contributed by atoms with E-state index in [4.69, 9.17) is 14.3 Å². The van der Waals surface area contributed by atoms with Gasteiger partial charge in [-0.15, -0.1) is 0 Å². The second kappa shape index (κ2) is 8.56. The summed E-state index contributed by atoms with van der Waals surface area (Å²) >= 11 is 0. The van der Waals surface area contributed by atoms with Gasteiger partial charge in [-0.25, -0.2) is 4.68 Å². The van der Waals surface area contributed by atoms with Gasteiger partial charge in [-0.1, -0.05) is 18.2 Å². The Balaban J connectivity index is 1.37. The van der Waals surface area contributed by atoms with Crippen LogP contribution in [0, 0.1) is 12.3 Å². The molecular formula is C25H30N4O3. The van der Waals surface area contributed by atoms with E-state index in [0.717, 1.165) is 67.5 Å². The fraction of sp³-hybridized carbons (Fsp3) is 0.440. The van der Waals surface area contributed by atoms with Crippen molar-refractivity contribution in [2.45, 2.75) is 26.3 Å². The van der Waals surface area contributed by atoms with Crippen LogP contribution in [0.5, 0.6) is 0 Å². The number of hydrogen-bond donors (Lipinski definition) is 0. The third-order valence-corrected chi connectivity index (χ3v) is 6.78. The summed E-state index contributed by atoms with van der Waals surface area (Å²) in [5.41, 5.74) is 2.75. The van der Waals surface area contributed by atoms with E-state index in [9.17, 15) is 4.79 Å². The first kappa shape index (κ1) is 21.0. The van der Waals surface area contributed by atoms with E-state index in [1.165, 1.54) is 0 Å². The third kappa shape index (κ3) is 3.87. The molecule has 2 aliphatic rings. The molecule has 2 fully saturated rings. The number of methoxy groups -OCH3 is 1. The Morgan fingerprint density at radius 2 is 1.94 bits per heavy atom. The maximum absolute atomic E-state index is 13.1. The van der Waals surface area contributed by atoms with Crippen LogP contribution in [0.1, 0.15) is 24.2 Å². The van der Waals surface area contributed by atoms with Crippen LogP contribution < -0.4 is 0 Å². The van der Waals surface area contributed by atoms with Gasteiger partial charge >= 0.3 is 0 Å². The Morgan fingerprint density at radius 3 is 2.69 bits per heavy atom. The van der Waals surface area contributed by atoms with Crippen LogP contribution in [-0.2, 0) is 16.1 Å². The maximum atomic E-state index is 13.1. The summed E-state index contributed by atoms with van der Waals surface area (Å²) in [5.74, 6) is 1.94. The smallest absolute Gasteiger partial charge is 0.230 e. The van der Waals surface area contributed by atoms with Crippen molar-refractivity contribution in [2.75, 3.05) is 39.9 Å². The molecule has 1 unspecified atom stereocenters. The van der Waals surface area contributed by atoms with Gasteiger partial charge in [-0.3, -0.25) is 9.69 Å². The number of amides is 1. The molecule has 32 heavy (non-hydrogen) atoms. The molecule has 2 aliphatic heterocycles. The number of likely N-dealkylation sites (tertiary alicyclic amines) is 2. The van der Waals surface area contributed by atoms with Gasteiger partial charge in [0.05, 0.1) is 17.7 Å². The molecule has 5 rings (SSSR count). The number of carbonyl (C=O) groups excluding carboxylic acids is 1. The molecule has 0 aliphatic carbocycles. The summed E-state index contributed by atoms with van der Waals surface area (Å²) in [6, 6.07) is 14.1. The molecule has 4 heterocycles. The predicted molar refractivity (Wildman–Crippen MR) is 121 cm³/mol. The topological polar surface area (TPSA) is 63.7 Å². The van der Waals surface area contributed by atoms with Crippen molar-refractivity contribution in [1.29, 1.82) is 0 Å². The van der Waals surface area contributed by atoms with E-state index in [1.807, 2.05) is 59.0 Å². The molecule has 3 aromatic rings. The highest BCUT2D eigenvalue weighted by Gasteiger charge is 2.50. The van der Waals surface area contributed by atoms with Crippen LogP contribution in [0.4, 0.5) is 0 Å². The van der Waals surface area contributed by atoms with Crippen molar-refractivity contribution in [3.8, 4) is 17.1 Å². The van der Waals surface area contributed by atoms with E-state index < -0.39 is 0 Å². The van der Waals surface area contributed by atoms with Gasteiger partial charge in [-0.05, 0) is 50.6 Å². The van der Waals surface area contributed by atoms with Gasteiger partial charge < -0.3 is 14.1 Å². The fourth-order valence-electron chi connectivity index (χ4n) is 5.03. The van der Waals surface area contributed by atoms with Gasteiger partial charge in [0, 0.05) is 45.0 Å². The number of furan rings is 1. The lowest BCUT2D eigenvalue weighted by Gasteiger charge is -2.23. The van der Waals surface area contributed by atoms with Gasteiger partial charge in [-0.2, -0.15) is 5.10 Å². The Hall–Kier alpha value is -2.90. The highest BCUT2D eigenvalue weighted by molar-refractivity contribution is 5.85. The maximum Gasteiger partial charge on any atom is 0.230 e. The van der Waals surface area contributed by atoms with Crippen molar-refractivity contribution in [3.05, 3.63) is 60.0 Å². The van der Waals surface area contributed by atoms with Crippen LogP contribution in [0.15, 0.2) is 53.1 Å². The number of benzene rings is 1. The molecule has 168 valence electrons. The molecule has 2 aromatic heterocycles. The first-order valence-corrected chi connectivity index (χ1v) is 11.3. The average molecular weight is 435 g/mol. The number of ether oxygens (including phenoxy) is 1. The highest BCUT2D eigenvalue weighted by atomic mass is 16.5. The van der Waals surface area contributed by atoms with Crippen LogP contribution in [0.2, 0.25) is 0 Å². The van der Waals surface area contributed by atoms with Crippen molar-refractivity contribution < 1.29 is 13.9 Å². The zero-order valence-electron chi connectivity index (χ0n) is 18.8. The SMILES string of the molecule is COCCN1CCC2(CCN(Cc3cn(-c4ccccc4)nc3-c3ccc(C)o3)C2)C1=O. The summed E-state index contributed by atoms with van der Waals surface area (Å²) in [7, 11) is 1.68. The largest absolute Gasteiger partial charge is 0.460 e. The van der Waals surface area contributed by atoms with Crippen molar-refractivity contribution in [3.63, 3.8) is 0 Å². The molecule has 2 saturated heterocycles. The normalized spacial score (nSPS) is 21.3. The Labute approximate surface area is 188 Å². The minimum atomic E-state index is -0.245. The van der Waals surface area contributed by atoms with Crippen LogP contribution in [-0.4, -0.2) is 65.4 Å². The number of hydrogen-bond acceptors (Lipinski definition) is 5. The number of aromatic nitrogens is 2. The molecule has 0 bridgehead atoms. The van der Waals surface area contributed by atoms with Crippen LogP contribution in [0.25, 0.3) is 17.1 Å². The van der Waals surface area contributed by atoms with Crippen molar-refractivity contribution in [1.82, 2.24) is 19.6 Å². The minimum absolute atomic E-state index is 0.245. The highest BCUT2D eigenvalue weighted by Crippen LogP contribution is 2.41. The Morgan fingerprint density at radius 1 is 1.12 bits per heavy atom. The molecular weight excluding hydrogens is 404 g/mol. The van der Waals surface area contributed by atoms with E-state index in [0.29, 0.717) is 19.1 Å². The lowest BCUT2D eigenvalue weighted by atomic mass is 9.85. The summed E-state index contributed by atoms with van der Waals surface area (Å²) in [4.78, 5) is 17.5. The molecule has 0 saturated carbocycles. The van der Waals surface area contributed by atoms with Crippen molar-refractivity contribution >= 4 is 5.91 Å². The fourth-order valence-corrected chi connectivity index (χ4v) is 5.03. The number of rotatable bonds is 7. The van der Waals surface area contributed by atoms with E-state index in [2.05, 4.69) is 11.1 Å². The molecule has 7 nitrogen and oxygen atoms in total. The summed E-state index contributed by atoms with van der Waals surface area (Å²) in [6.07, 6.45) is 3.94. The number of nitrogens with zero attached hydrogens (tertiary/aromatic N) is 4. The average Bonchev–Trinajstić information content (AvgIpc) is 3.58. The zero-order chi connectivity index (χ0) is 22.1. The van der Waals surface area contributed by atoms with Crippen LogP contribution >= 0.6 is 0 Å². The monoisotopic (exact) mass is 434 g/mol. The summed E-state index contributed by atoms with van der Waals surface area (Å²) < 4.78 is 13.0. The quantitative estimate of drug-likeness (QED) is 0.569. The second-order valence-electron chi connectivity index (χ2n) is 8.97. The van der Waals surface area contributed by atoms with Gasteiger partial charge in [0.15, 0.2) is 5.76 Å². The zero-order valence-corrected chi connectivity index (χ0v) is 18.8. The van der Waals surface area contributed by atoms with Gasteiger partial charge in [0.25, 0.3) is 0 Å². The molecule has 1 amide bonds. The first-order valence-electron chi connectivity index (χ1n) is 11.3. The molecule has 0 N–H and O–H groups in total. The Kier molecular flexibility index (Phi) is 5.61.